The molecule has 17 heavy (non-hydrogen) atoms. The van der Waals surface area contributed by atoms with Crippen LogP contribution in [0, 0.1) is 12.8 Å². The highest BCUT2D eigenvalue weighted by molar-refractivity contribution is 7.13. The van der Waals surface area contributed by atoms with E-state index in [-0.39, 0.29) is 18.3 Å². The molecule has 2 heterocycles. The zero-order valence-electron chi connectivity index (χ0n) is 10.1. The Morgan fingerprint density at radius 1 is 1.71 bits per heavy atom. The molecule has 0 bridgehead atoms. The van der Waals surface area contributed by atoms with Gasteiger partial charge in [0.25, 0.3) is 5.91 Å². The molecule has 6 heteroatoms. The first-order valence-corrected chi connectivity index (χ1v) is 6.38. The first kappa shape index (κ1) is 14.4. The maximum absolute atomic E-state index is 12.1. The molecule has 1 aromatic heterocycles. The van der Waals surface area contributed by atoms with E-state index in [0.717, 1.165) is 35.9 Å². The van der Waals surface area contributed by atoms with Crippen molar-refractivity contribution in [2.45, 2.75) is 13.3 Å². The van der Waals surface area contributed by atoms with Gasteiger partial charge in [-0.05, 0) is 32.9 Å². The molecule has 1 N–H and O–H groups in total. The predicted molar refractivity (Wildman–Crippen MR) is 72.0 cm³/mol. The Balaban J connectivity index is 0.00000144. The van der Waals surface area contributed by atoms with Gasteiger partial charge in [-0.1, -0.05) is 0 Å². The van der Waals surface area contributed by atoms with E-state index >= 15 is 0 Å². The number of carbonyl (C=O) groups is 1. The number of amides is 1. The highest BCUT2D eigenvalue weighted by Crippen LogP contribution is 2.20. The van der Waals surface area contributed by atoms with E-state index in [1.165, 1.54) is 11.3 Å². The van der Waals surface area contributed by atoms with Crippen molar-refractivity contribution in [3.8, 4) is 0 Å². The van der Waals surface area contributed by atoms with Crippen LogP contribution in [0.25, 0.3) is 0 Å². The van der Waals surface area contributed by atoms with E-state index in [2.05, 4.69) is 10.3 Å². The number of aromatic nitrogens is 1. The average Bonchev–Trinajstić information content (AvgIpc) is 2.87. The van der Waals surface area contributed by atoms with Crippen LogP contribution in [0.2, 0.25) is 0 Å². The summed E-state index contributed by atoms with van der Waals surface area (Å²) in [5.74, 6) is 0.743. The molecule has 0 aliphatic carbocycles. The van der Waals surface area contributed by atoms with Gasteiger partial charge in [-0.2, -0.15) is 0 Å². The van der Waals surface area contributed by atoms with Gasteiger partial charge in [0.2, 0.25) is 0 Å². The topological polar surface area (TPSA) is 45.2 Å². The number of rotatable bonds is 3. The summed E-state index contributed by atoms with van der Waals surface area (Å²) in [5, 5.41) is 4.12. The van der Waals surface area contributed by atoms with E-state index in [9.17, 15) is 4.79 Å². The SMILES string of the molecule is CNCC1CCN(C(=O)c2cnc(C)s2)C1.Cl. The second-order valence-corrected chi connectivity index (χ2v) is 5.44. The first-order valence-electron chi connectivity index (χ1n) is 5.57. The molecule has 2 rings (SSSR count). The van der Waals surface area contributed by atoms with Crippen LogP contribution in [0.4, 0.5) is 0 Å². The van der Waals surface area contributed by atoms with Crippen LogP contribution in [0.1, 0.15) is 21.1 Å². The van der Waals surface area contributed by atoms with Crippen LogP contribution >= 0.6 is 23.7 Å². The number of nitrogens with one attached hydrogen (secondary N) is 1. The fraction of sp³-hybridized carbons (Fsp3) is 0.636. The smallest absolute Gasteiger partial charge is 0.265 e. The van der Waals surface area contributed by atoms with Crippen molar-refractivity contribution >= 4 is 29.7 Å². The van der Waals surface area contributed by atoms with Crippen molar-refractivity contribution in [3.05, 3.63) is 16.1 Å². The van der Waals surface area contributed by atoms with Crippen LogP contribution in [-0.4, -0.2) is 42.5 Å². The van der Waals surface area contributed by atoms with E-state index in [1.54, 1.807) is 6.20 Å². The zero-order chi connectivity index (χ0) is 11.5. The number of nitrogens with zero attached hydrogens (tertiary/aromatic N) is 2. The molecular formula is C11H18ClN3OS. The van der Waals surface area contributed by atoms with Gasteiger partial charge in [-0.3, -0.25) is 4.79 Å². The highest BCUT2D eigenvalue weighted by Gasteiger charge is 2.27. The maximum atomic E-state index is 12.1. The number of carbonyl (C=O) groups excluding carboxylic acids is 1. The molecule has 0 radical (unpaired) electrons. The Bertz CT molecular complexity index is 383. The van der Waals surface area contributed by atoms with E-state index in [1.807, 2.05) is 18.9 Å². The van der Waals surface area contributed by atoms with Crippen molar-refractivity contribution in [1.29, 1.82) is 0 Å². The summed E-state index contributed by atoms with van der Waals surface area (Å²) in [6.45, 7) is 4.67. The summed E-state index contributed by atoms with van der Waals surface area (Å²) in [6.07, 6.45) is 2.79. The molecule has 1 aliphatic heterocycles. The fourth-order valence-corrected chi connectivity index (χ4v) is 2.83. The van der Waals surface area contributed by atoms with Gasteiger partial charge in [-0.15, -0.1) is 23.7 Å². The van der Waals surface area contributed by atoms with Gasteiger partial charge in [-0.25, -0.2) is 4.98 Å². The lowest BCUT2D eigenvalue weighted by Crippen LogP contribution is -2.29. The summed E-state index contributed by atoms with van der Waals surface area (Å²) in [4.78, 5) is 18.9. The predicted octanol–water partition coefficient (Wildman–Crippen LogP) is 1.55. The molecule has 1 fully saturated rings. The third-order valence-electron chi connectivity index (χ3n) is 2.90. The van der Waals surface area contributed by atoms with Gasteiger partial charge in [0.1, 0.15) is 4.88 Å². The van der Waals surface area contributed by atoms with Crippen molar-refractivity contribution < 1.29 is 4.79 Å². The second kappa shape index (κ2) is 6.33. The molecule has 1 aliphatic rings. The Morgan fingerprint density at radius 3 is 3.06 bits per heavy atom. The van der Waals surface area contributed by atoms with Gasteiger partial charge >= 0.3 is 0 Å². The lowest BCUT2D eigenvalue weighted by Gasteiger charge is -2.15. The summed E-state index contributed by atoms with van der Waals surface area (Å²) in [5.41, 5.74) is 0. The van der Waals surface area contributed by atoms with Crippen LogP contribution < -0.4 is 5.32 Å². The minimum Gasteiger partial charge on any atom is -0.338 e. The van der Waals surface area contributed by atoms with Gasteiger partial charge in [0, 0.05) is 13.1 Å². The van der Waals surface area contributed by atoms with Crippen LogP contribution in [0.15, 0.2) is 6.20 Å². The molecular weight excluding hydrogens is 258 g/mol. The Morgan fingerprint density at radius 2 is 2.47 bits per heavy atom. The Kier molecular flexibility index (Phi) is 5.36. The van der Waals surface area contributed by atoms with Crippen molar-refractivity contribution in [3.63, 3.8) is 0 Å². The molecule has 0 saturated carbocycles. The van der Waals surface area contributed by atoms with E-state index in [0.29, 0.717) is 5.92 Å². The standard InChI is InChI=1S/C11H17N3OS.ClH/c1-8-13-6-10(16-8)11(15)14-4-3-9(7-14)5-12-2;/h6,9,12H,3-5,7H2,1-2H3;1H. The molecule has 4 nitrogen and oxygen atoms in total. The third-order valence-corrected chi connectivity index (χ3v) is 3.80. The number of hydrogen-bond acceptors (Lipinski definition) is 4. The van der Waals surface area contributed by atoms with Crippen molar-refractivity contribution in [1.82, 2.24) is 15.2 Å². The maximum Gasteiger partial charge on any atom is 0.265 e. The van der Waals surface area contributed by atoms with Crippen LogP contribution in [-0.2, 0) is 0 Å². The molecule has 0 aromatic carbocycles. The molecule has 1 atom stereocenters. The molecule has 0 spiro atoms. The fourth-order valence-electron chi connectivity index (χ4n) is 2.09. The molecule has 96 valence electrons. The number of halogens is 1. The quantitative estimate of drug-likeness (QED) is 0.911. The molecule has 1 saturated heterocycles. The molecule has 1 unspecified atom stereocenters. The number of likely N-dealkylation sites (tertiary alicyclic amines) is 1. The first-order chi connectivity index (χ1) is 7.70. The van der Waals surface area contributed by atoms with Gasteiger partial charge in [0.15, 0.2) is 0 Å². The monoisotopic (exact) mass is 275 g/mol. The number of aryl methyl sites for hydroxylation is 1. The summed E-state index contributed by atoms with van der Waals surface area (Å²) in [7, 11) is 1.96. The minimum atomic E-state index is 0. The van der Waals surface area contributed by atoms with E-state index in [4.69, 9.17) is 0 Å². The highest BCUT2D eigenvalue weighted by atomic mass is 35.5. The Hall–Kier alpha value is -0.650. The average molecular weight is 276 g/mol. The van der Waals surface area contributed by atoms with Gasteiger partial charge in [0.05, 0.1) is 11.2 Å². The third kappa shape index (κ3) is 3.40. The number of hydrogen-bond donors (Lipinski definition) is 1. The van der Waals surface area contributed by atoms with Crippen LogP contribution in [0.5, 0.6) is 0 Å². The largest absolute Gasteiger partial charge is 0.338 e. The molecule has 1 aromatic rings. The zero-order valence-corrected chi connectivity index (χ0v) is 11.7. The summed E-state index contributed by atoms with van der Waals surface area (Å²) >= 11 is 1.48. The van der Waals surface area contributed by atoms with E-state index < -0.39 is 0 Å². The second-order valence-electron chi connectivity index (χ2n) is 4.21. The normalized spacial score (nSPS) is 19.2. The van der Waals surface area contributed by atoms with Crippen molar-refractivity contribution in [2.75, 3.05) is 26.7 Å². The lowest BCUT2D eigenvalue weighted by molar-refractivity contribution is 0.0792. The Labute approximate surface area is 112 Å². The number of thiazole rings is 1. The molecule has 1 amide bonds. The van der Waals surface area contributed by atoms with Crippen LogP contribution in [0.3, 0.4) is 0 Å². The van der Waals surface area contributed by atoms with Gasteiger partial charge < -0.3 is 10.2 Å². The summed E-state index contributed by atoms with van der Waals surface area (Å²) in [6, 6.07) is 0. The lowest BCUT2D eigenvalue weighted by atomic mass is 10.1. The minimum absolute atomic E-state index is 0. The van der Waals surface area contributed by atoms with Crippen molar-refractivity contribution in [2.24, 2.45) is 5.92 Å². The summed E-state index contributed by atoms with van der Waals surface area (Å²) < 4.78 is 0.